The van der Waals surface area contributed by atoms with Crippen molar-refractivity contribution in [1.82, 2.24) is 0 Å². The number of rotatable bonds is 7. The molecule has 0 spiro atoms. The van der Waals surface area contributed by atoms with Gasteiger partial charge in [0.1, 0.15) is 0 Å². The van der Waals surface area contributed by atoms with Crippen LogP contribution in [0.4, 0.5) is 0 Å². The lowest BCUT2D eigenvalue weighted by Crippen LogP contribution is -2.07. The first-order valence-electron chi connectivity index (χ1n) is 8.38. The molecule has 0 heterocycles. The van der Waals surface area contributed by atoms with E-state index in [1.165, 1.54) is 0 Å². The van der Waals surface area contributed by atoms with Crippen LogP contribution in [0.15, 0.2) is 57.2 Å². The summed E-state index contributed by atoms with van der Waals surface area (Å²) in [5.74, 6) is 0.341. The maximum absolute atomic E-state index is 12.2. The summed E-state index contributed by atoms with van der Waals surface area (Å²) >= 11 is 3.30. The summed E-state index contributed by atoms with van der Waals surface area (Å²) in [7, 11) is 0. The zero-order valence-corrected chi connectivity index (χ0v) is 17.0. The van der Waals surface area contributed by atoms with Crippen LogP contribution in [-0.2, 0) is 0 Å². The zero-order valence-electron chi connectivity index (χ0n) is 15.3. The Bertz CT molecular complexity index is 762. The molecule has 0 aromatic heterocycles. The summed E-state index contributed by atoms with van der Waals surface area (Å²) < 4.78 is 0. The smallest absolute Gasteiger partial charge is 0.165 e. The number of carbonyl (C=O) groups excluding carboxylic acids is 2. The van der Waals surface area contributed by atoms with Crippen LogP contribution in [0, 0.1) is 11.8 Å². The fourth-order valence-corrected chi connectivity index (χ4v) is 4.10. The Kier molecular flexibility index (Phi) is 6.91. The van der Waals surface area contributed by atoms with Gasteiger partial charge in [0.15, 0.2) is 11.6 Å². The first kappa shape index (κ1) is 19.8. The Morgan fingerprint density at radius 2 is 1.28 bits per heavy atom. The molecule has 2 rings (SSSR count). The third-order valence-corrected chi connectivity index (χ3v) is 5.85. The second-order valence-electron chi connectivity index (χ2n) is 6.53. The second-order valence-corrected chi connectivity index (χ2v) is 8.49. The largest absolute Gasteiger partial charge is 0.294 e. The summed E-state index contributed by atoms with van der Waals surface area (Å²) in [6.07, 6.45) is 2.02. The molecule has 0 fully saturated rings. The standard InChI is InChI=1S/C21H24O2S2/c1-13(2)20(22)15-6-9-17(10-7-15)25-18-11-8-16(12-19(18)24-5)21(23)14(3)4/h6-14H,1-5H3. The molecule has 0 atom stereocenters. The van der Waals surface area contributed by atoms with Crippen LogP contribution in [0.2, 0.25) is 0 Å². The molecule has 0 aliphatic rings. The lowest BCUT2D eigenvalue weighted by atomic mass is 10.0. The fourth-order valence-electron chi connectivity index (χ4n) is 2.39. The average molecular weight is 373 g/mol. The van der Waals surface area contributed by atoms with Gasteiger partial charge in [-0.05, 0) is 30.5 Å². The first-order chi connectivity index (χ1) is 11.8. The molecule has 0 aliphatic heterocycles. The average Bonchev–Trinajstić information content (AvgIpc) is 2.61. The predicted octanol–water partition coefficient (Wildman–Crippen LogP) is 6.24. The van der Waals surface area contributed by atoms with E-state index >= 15 is 0 Å². The van der Waals surface area contributed by atoms with Gasteiger partial charge in [0.05, 0.1) is 0 Å². The van der Waals surface area contributed by atoms with Crippen LogP contribution >= 0.6 is 23.5 Å². The minimum Gasteiger partial charge on any atom is -0.294 e. The van der Waals surface area contributed by atoms with Crippen molar-refractivity contribution in [2.45, 2.75) is 42.4 Å². The number of benzene rings is 2. The number of carbonyl (C=O) groups is 2. The Labute approximate surface area is 158 Å². The van der Waals surface area contributed by atoms with Crippen LogP contribution in [0.25, 0.3) is 0 Å². The molecular weight excluding hydrogens is 348 g/mol. The number of ketones is 2. The van der Waals surface area contributed by atoms with Gasteiger partial charge in [-0.3, -0.25) is 9.59 Å². The quantitative estimate of drug-likeness (QED) is 0.426. The van der Waals surface area contributed by atoms with Gasteiger partial charge in [0.25, 0.3) is 0 Å². The highest BCUT2D eigenvalue weighted by atomic mass is 32.2. The maximum atomic E-state index is 12.2. The van der Waals surface area contributed by atoms with Crippen molar-refractivity contribution in [1.29, 1.82) is 0 Å². The van der Waals surface area contributed by atoms with E-state index in [1.807, 2.05) is 76.4 Å². The summed E-state index contributed by atoms with van der Waals surface area (Å²) in [5, 5.41) is 0. The fraction of sp³-hybridized carbons (Fsp3) is 0.333. The second kappa shape index (κ2) is 8.72. The van der Waals surface area contributed by atoms with Gasteiger partial charge in [0.2, 0.25) is 0 Å². The third-order valence-electron chi connectivity index (χ3n) is 3.86. The monoisotopic (exact) mass is 372 g/mol. The molecule has 0 unspecified atom stereocenters. The first-order valence-corrected chi connectivity index (χ1v) is 10.4. The molecule has 0 bridgehead atoms. The molecule has 0 amide bonds. The van der Waals surface area contributed by atoms with Crippen molar-refractivity contribution in [2.24, 2.45) is 11.8 Å². The molecule has 132 valence electrons. The van der Waals surface area contributed by atoms with Gasteiger partial charge in [-0.2, -0.15) is 0 Å². The molecule has 4 heteroatoms. The van der Waals surface area contributed by atoms with Gasteiger partial charge in [-0.1, -0.05) is 57.7 Å². The predicted molar refractivity (Wildman–Crippen MR) is 107 cm³/mol. The summed E-state index contributed by atoms with van der Waals surface area (Å²) in [4.78, 5) is 27.5. The van der Waals surface area contributed by atoms with E-state index in [-0.39, 0.29) is 23.4 Å². The van der Waals surface area contributed by atoms with E-state index in [2.05, 4.69) is 0 Å². The SMILES string of the molecule is CSc1cc(C(=O)C(C)C)ccc1Sc1ccc(C(=O)C(C)C)cc1. The van der Waals surface area contributed by atoms with Crippen LogP contribution in [0.1, 0.15) is 48.4 Å². The van der Waals surface area contributed by atoms with E-state index in [0.717, 1.165) is 25.8 Å². The Balaban J connectivity index is 2.22. The van der Waals surface area contributed by atoms with Crippen molar-refractivity contribution in [3.63, 3.8) is 0 Å². The van der Waals surface area contributed by atoms with Crippen molar-refractivity contribution < 1.29 is 9.59 Å². The van der Waals surface area contributed by atoms with Crippen LogP contribution in [0.3, 0.4) is 0 Å². The molecule has 0 saturated heterocycles. The van der Waals surface area contributed by atoms with Gasteiger partial charge in [0, 0.05) is 37.6 Å². The molecule has 0 aliphatic carbocycles. The summed E-state index contributed by atoms with van der Waals surface area (Å²) in [6.45, 7) is 7.67. The van der Waals surface area contributed by atoms with Crippen molar-refractivity contribution in [3.8, 4) is 0 Å². The topological polar surface area (TPSA) is 34.1 Å². The van der Waals surface area contributed by atoms with Gasteiger partial charge in [-0.15, -0.1) is 11.8 Å². The number of hydrogen-bond acceptors (Lipinski definition) is 4. The van der Waals surface area contributed by atoms with Crippen LogP contribution < -0.4 is 0 Å². The number of thioether (sulfide) groups is 1. The van der Waals surface area contributed by atoms with Crippen molar-refractivity contribution in [3.05, 3.63) is 53.6 Å². The minimum absolute atomic E-state index is 0.000697. The molecule has 0 saturated carbocycles. The Morgan fingerprint density at radius 3 is 1.80 bits per heavy atom. The Morgan fingerprint density at radius 1 is 0.760 bits per heavy atom. The minimum atomic E-state index is -0.000697. The van der Waals surface area contributed by atoms with E-state index < -0.39 is 0 Å². The molecule has 2 aromatic carbocycles. The van der Waals surface area contributed by atoms with E-state index in [1.54, 1.807) is 23.5 Å². The van der Waals surface area contributed by atoms with E-state index in [4.69, 9.17) is 0 Å². The van der Waals surface area contributed by atoms with Gasteiger partial charge in [-0.25, -0.2) is 0 Å². The highest BCUT2D eigenvalue weighted by Gasteiger charge is 2.14. The van der Waals surface area contributed by atoms with Crippen LogP contribution in [-0.4, -0.2) is 17.8 Å². The lowest BCUT2D eigenvalue weighted by molar-refractivity contribution is 0.0932. The highest BCUT2D eigenvalue weighted by molar-refractivity contribution is 8.02. The van der Waals surface area contributed by atoms with Gasteiger partial charge >= 0.3 is 0 Å². The maximum Gasteiger partial charge on any atom is 0.165 e. The molecule has 2 nitrogen and oxygen atoms in total. The number of Topliss-reactive ketones (excluding diaryl/α,β-unsaturated/α-hetero) is 2. The molecule has 2 aromatic rings. The molecule has 0 radical (unpaired) electrons. The number of hydrogen-bond donors (Lipinski definition) is 0. The van der Waals surface area contributed by atoms with Gasteiger partial charge < -0.3 is 0 Å². The molecule has 0 N–H and O–H groups in total. The highest BCUT2D eigenvalue weighted by Crippen LogP contribution is 2.36. The third kappa shape index (κ3) is 4.99. The van der Waals surface area contributed by atoms with Crippen molar-refractivity contribution >= 4 is 35.1 Å². The molecule has 25 heavy (non-hydrogen) atoms. The van der Waals surface area contributed by atoms with E-state index in [9.17, 15) is 9.59 Å². The summed E-state index contributed by atoms with van der Waals surface area (Å²) in [5.41, 5.74) is 1.52. The van der Waals surface area contributed by atoms with Crippen LogP contribution in [0.5, 0.6) is 0 Å². The zero-order chi connectivity index (χ0) is 18.6. The normalized spacial score (nSPS) is 11.2. The molecular formula is C21H24O2S2. The Hall–Kier alpha value is -1.52. The lowest BCUT2D eigenvalue weighted by Gasteiger charge is -2.11. The van der Waals surface area contributed by atoms with E-state index in [0.29, 0.717) is 0 Å². The van der Waals surface area contributed by atoms with Crippen molar-refractivity contribution in [2.75, 3.05) is 6.26 Å². The summed E-state index contributed by atoms with van der Waals surface area (Å²) in [6, 6.07) is 13.6.